The number of carboxylic acid groups (broad SMARTS) is 2. The van der Waals surface area contributed by atoms with Crippen molar-refractivity contribution < 1.29 is 30.0 Å². The lowest BCUT2D eigenvalue weighted by atomic mass is 9.93. The van der Waals surface area contributed by atoms with Crippen molar-refractivity contribution in [2.24, 2.45) is 5.73 Å². The van der Waals surface area contributed by atoms with Crippen molar-refractivity contribution >= 4 is 11.9 Å². The molecule has 6 N–H and O–H groups in total. The number of aliphatic hydroxyl groups is 2. The van der Waals surface area contributed by atoms with E-state index in [-0.39, 0.29) is 0 Å². The summed E-state index contributed by atoms with van der Waals surface area (Å²) >= 11 is 0. The zero-order valence-electron chi connectivity index (χ0n) is 14.6. The first kappa shape index (κ1) is 22.0. The Morgan fingerprint density at radius 3 is 2.15 bits per heavy atom. The van der Waals surface area contributed by atoms with Gasteiger partial charge in [0.25, 0.3) is 0 Å². The van der Waals surface area contributed by atoms with Crippen LogP contribution in [-0.2, 0) is 9.59 Å². The van der Waals surface area contributed by atoms with E-state index in [9.17, 15) is 9.59 Å². The number of hydrogen-bond donors (Lipinski definition) is 5. The van der Waals surface area contributed by atoms with Gasteiger partial charge in [0.2, 0.25) is 0 Å². The van der Waals surface area contributed by atoms with Crippen LogP contribution in [0.15, 0.2) is 24.4 Å². The van der Waals surface area contributed by atoms with Gasteiger partial charge in [-0.05, 0) is 57.6 Å². The van der Waals surface area contributed by atoms with Crippen LogP contribution in [0.25, 0.3) is 0 Å². The molecule has 146 valence electrons. The minimum atomic E-state index is -2.27. The van der Waals surface area contributed by atoms with Gasteiger partial charge in [-0.2, -0.15) is 0 Å². The normalized spacial score (nSPS) is 17.7. The molecule has 0 bridgehead atoms. The maximum absolute atomic E-state index is 9.77. The molecule has 1 aromatic heterocycles. The number of nitrogens with two attached hydrogens (primary N) is 1. The molecular weight excluding hydrogens is 342 g/mol. The second-order valence-corrected chi connectivity index (χ2v) is 6.08. The van der Waals surface area contributed by atoms with Crippen LogP contribution in [-0.4, -0.2) is 80.6 Å². The predicted octanol–water partition coefficient (Wildman–Crippen LogP) is -0.513. The summed E-state index contributed by atoms with van der Waals surface area (Å²) in [6.07, 6.45) is 0.961. The average molecular weight is 369 g/mol. The van der Waals surface area contributed by atoms with Crippen molar-refractivity contribution in [3.8, 4) is 0 Å². The number of hydrogen-bond acceptors (Lipinski definition) is 7. The lowest BCUT2D eigenvalue weighted by Crippen LogP contribution is -2.39. The van der Waals surface area contributed by atoms with Gasteiger partial charge in [-0.3, -0.25) is 4.98 Å². The summed E-state index contributed by atoms with van der Waals surface area (Å²) in [6.45, 7) is 4.36. The molecule has 0 unspecified atom stereocenters. The molecule has 0 aromatic carbocycles. The van der Waals surface area contributed by atoms with Gasteiger partial charge in [-0.25, -0.2) is 9.59 Å². The fraction of sp³-hybridized carbons (Fsp3) is 0.588. The number of aromatic nitrogens is 1. The van der Waals surface area contributed by atoms with E-state index in [1.54, 1.807) is 0 Å². The predicted molar refractivity (Wildman–Crippen MR) is 93.6 cm³/mol. The third-order valence-corrected chi connectivity index (χ3v) is 4.18. The number of aliphatic carboxylic acids is 2. The van der Waals surface area contributed by atoms with Crippen LogP contribution in [0.2, 0.25) is 0 Å². The molecule has 1 fully saturated rings. The van der Waals surface area contributed by atoms with Crippen LogP contribution in [0.1, 0.15) is 30.9 Å². The first-order valence-corrected chi connectivity index (χ1v) is 8.52. The Balaban J connectivity index is 0.000000294. The van der Waals surface area contributed by atoms with Crippen LogP contribution >= 0.6 is 0 Å². The Kier molecular flexibility index (Phi) is 9.74. The van der Waals surface area contributed by atoms with Gasteiger partial charge in [-0.1, -0.05) is 6.07 Å². The summed E-state index contributed by atoms with van der Waals surface area (Å²) in [6, 6.07) is 6.23. The highest BCUT2D eigenvalue weighted by Gasteiger charge is 2.29. The Morgan fingerprint density at radius 2 is 1.73 bits per heavy atom. The number of carboxylic acids is 2. The van der Waals surface area contributed by atoms with Crippen LogP contribution in [0.4, 0.5) is 0 Å². The van der Waals surface area contributed by atoms with Crippen molar-refractivity contribution in [2.45, 2.75) is 37.4 Å². The van der Waals surface area contributed by atoms with E-state index in [2.05, 4.69) is 22.0 Å². The van der Waals surface area contributed by atoms with Crippen LogP contribution in [0, 0.1) is 0 Å². The van der Waals surface area contributed by atoms with Crippen LogP contribution < -0.4 is 5.73 Å². The molecule has 1 aromatic rings. The number of likely N-dealkylation sites (tertiary alicyclic amines) is 1. The van der Waals surface area contributed by atoms with Gasteiger partial charge >= 0.3 is 11.9 Å². The van der Waals surface area contributed by atoms with Crippen LogP contribution in [0.3, 0.4) is 0 Å². The molecule has 1 aliphatic rings. The molecule has 1 aliphatic heterocycles. The highest BCUT2D eigenvalue weighted by molar-refractivity contribution is 5.83. The zero-order valence-corrected chi connectivity index (χ0v) is 14.6. The molecule has 0 spiro atoms. The Labute approximate surface area is 152 Å². The Bertz CT molecular complexity index is 531. The molecule has 2 rings (SSSR count). The monoisotopic (exact) mass is 369 g/mol. The number of pyridine rings is 1. The summed E-state index contributed by atoms with van der Waals surface area (Å²) in [5, 5.41) is 32.5. The average Bonchev–Trinajstić information content (AvgIpc) is 2.66. The van der Waals surface area contributed by atoms with E-state index in [0.717, 1.165) is 19.5 Å². The van der Waals surface area contributed by atoms with Crippen LogP contribution in [0.5, 0.6) is 0 Å². The molecule has 0 saturated carbocycles. The third kappa shape index (κ3) is 7.44. The summed E-state index contributed by atoms with van der Waals surface area (Å²) in [7, 11) is 0. The number of aliphatic hydroxyl groups excluding tert-OH is 2. The molecule has 0 radical (unpaired) electrons. The second kappa shape index (κ2) is 11.5. The molecular formula is C17H27N3O6. The molecule has 0 aliphatic carbocycles. The SMILES string of the molecule is NCCCN1CCC(c2ccccn2)CC1.O=C(O)[C@H](O)[C@@H](O)C(=O)O. The maximum Gasteiger partial charge on any atom is 0.335 e. The summed E-state index contributed by atoms with van der Waals surface area (Å²) < 4.78 is 0. The number of rotatable bonds is 7. The highest BCUT2D eigenvalue weighted by atomic mass is 16.4. The smallest absolute Gasteiger partial charge is 0.335 e. The molecule has 26 heavy (non-hydrogen) atoms. The standard InChI is InChI=1S/C13H21N3.C4H6O6/c14-7-3-9-16-10-5-12(6-11-16)13-4-1-2-8-15-13;5-1(3(7)8)2(6)4(9)10/h1-2,4,8,12H,3,5-7,9-11,14H2;1-2,5-6H,(H,7,8)(H,9,10)/t;1-,2-/m.1/s1. The first-order chi connectivity index (χ1) is 12.4. The second-order valence-electron chi connectivity index (χ2n) is 6.08. The highest BCUT2D eigenvalue weighted by Crippen LogP contribution is 2.26. The van der Waals surface area contributed by atoms with E-state index in [1.807, 2.05) is 12.3 Å². The third-order valence-electron chi connectivity index (χ3n) is 4.18. The Morgan fingerprint density at radius 1 is 1.15 bits per heavy atom. The minimum Gasteiger partial charge on any atom is -0.479 e. The van der Waals surface area contributed by atoms with E-state index < -0.39 is 24.1 Å². The number of piperidine rings is 1. The molecule has 2 heterocycles. The summed E-state index contributed by atoms with van der Waals surface area (Å²) in [5.41, 5.74) is 6.79. The molecule has 9 heteroatoms. The van der Waals surface area contributed by atoms with E-state index in [0.29, 0.717) is 5.92 Å². The van der Waals surface area contributed by atoms with Gasteiger partial charge in [0.05, 0.1) is 0 Å². The van der Waals surface area contributed by atoms with E-state index in [4.69, 9.17) is 26.2 Å². The fourth-order valence-corrected chi connectivity index (χ4v) is 2.65. The van der Waals surface area contributed by atoms with Crippen molar-refractivity contribution in [3.63, 3.8) is 0 Å². The topological polar surface area (TPSA) is 157 Å². The molecule has 2 atom stereocenters. The zero-order chi connectivity index (χ0) is 19.5. The summed E-state index contributed by atoms with van der Waals surface area (Å²) in [5.74, 6) is -2.87. The summed E-state index contributed by atoms with van der Waals surface area (Å²) in [4.78, 5) is 26.5. The van der Waals surface area contributed by atoms with Gasteiger partial charge in [0, 0.05) is 17.8 Å². The van der Waals surface area contributed by atoms with Gasteiger partial charge < -0.3 is 31.1 Å². The lowest BCUT2D eigenvalue weighted by molar-refractivity contribution is -0.165. The maximum atomic E-state index is 9.77. The van der Waals surface area contributed by atoms with Crippen molar-refractivity contribution in [1.82, 2.24) is 9.88 Å². The van der Waals surface area contributed by atoms with E-state index >= 15 is 0 Å². The largest absolute Gasteiger partial charge is 0.479 e. The fourth-order valence-electron chi connectivity index (χ4n) is 2.65. The molecule has 9 nitrogen and oxygen atoms in total. The van der Waals surface area contributed by atoms with E-state index in [1.165, 1.54) is 31.6 Å². The molecule has 0 amide bonds. The van der Waals surface area contributed by atoms with Crippen molar-refractivity contribution in [2.75, 3.05) is 26.2 Å². The lowest BCUT2D eigenvalue weighted by Gasteiger charge is -2.31. The van der Waals surface area contributed by atoms with Gasteiger partial charge in [0.15, 0.2) is 12.2 Å². The van der Waals surface area contributed by atoms with Crippen molar-refractivity contribution in [3.05, 3.63) is 30.1 Å². The Hall–Kier alpha value is -2.07. The quantitative estimate of drug-likeness (QED) is 0.427. The van der Waals surface area contributed by atoms with Crippen molar-refractivity contribution in [1.29, 1.82) is 0 Å². The minimum absolute atomic E-state index is 0.662. The molecule has 1 saturated heterocycles. The number of carbonyl (C=O) groups is 2. The van der Waals surface area contributed by atoms with Gasteiger partial charge in [-0.15, -0.1) is 0 Å². The van der Waals surface area contributed by atoms with Gasteiger partial charge in [0.1, 0.15) is 0 Å². The first-order valence-electron chi connectivity index (χ1n) is 8.52. The number of nitrogens with zero attached hydrogens (tertiary/aromatic N) is 2.